The molecule has 7 nitrogen and oxygen atoms in total. The van der Waals surface area contributed by atoms with E-state index in [0.29, 0.717) is 23.8 Å². The van der Waals surface area contributed by atoms with Crippen LogP contribution in [-0.4, -0.2) is 51.1 Å². The molecule has 0 fully saturated rings. The Morgan fingerprint density at radius 3 is 2.46 bits per heavy atom. The summed E-state index contributed by atoms with van der Waals surface area (Å²) in [6.07, 6.45) is 2.86. The van der Waals surface area contributed by atoms with E-state index in [2.05, 4.69) is 27.5 Å². The highest BCUT2D eigenvalue weighted by atomic mass is 32.2. The second kappa shape index (κ2) is 12.4. The van der Waals surface area contributed by atoms with Crippen LogP contribution < -0.4 is 24.8 Å². The Hall–Kier alpha value is -2.13. The monoisotopic (exact) mass is 424 g/mol. The molecule has 1 aromatic carbocycles. The van der Waals surface area contributed by atoms with Crippen molar-refractivity contribution >= 4 is 29.1 Å². The number of benzene rings is 1. The van der Waals surface area contributed by atoms with E-state index in [4.69, 9.17) is 14.2 Å². The van der Waals surface area contributed by atoms with Gasteiger partial charge in [0.05, 0.1) is 27.9 Å². The van der Waals surface area contributed by atoms with Gasteiger partial charge in [-0.1, -0.05) is 11.8 Å². The van der Waals surface area contributed by atoms with Crippen LogP contribution in [0.5, 0.6) is 17.2 Å². The van der Waals surface area contributed by atoms with E-state index in [1.165, 1.54) is 0 Å². The molecular formula is C19H28N4O3S2. The smallest absolute Gasteiger partial charge is 0.203 e. The van der Waals surface area contributed by atoms with Crippen LogP contribution in [0.25, 0.3) is 0 Å². The van der Waals surface area contributed by atoms with Crippen molar-refractivity contribution in [1.29, 1.82) is 0 Å². The number of thiazole rings is 1. The van der Waals surface area contributed by atoms with Gasteiger partial charge in [0.15, 0.2) is 17.5 Å². The second-order valence-corrected chi connectivity index (χ2v) is 7.89. The van der Waals surface area contributed by atoms with Gasteiger partial charge in [-0.05, 0) is 31.0 Å². The highest BCUT2D eigenvalue weighted by molar-refractivity contribution is 8.00. The topological polar surface area (TPSA) is 77.0 Å². The molecule has 28 heavy (non-hydrogen) atoms. The first-order valence-electron chi connectivity index (χ1n) is 9.05. The largest absolute Gasteiger partial charge is 0.493 e. The second-order valence-electron chi connectivity index (χ2n) is 5.66. The van der Waals surface area contributed by atoms with Gasteiger partial charge in [0.1, 0.15) is 4.34 Å². The third kappa shape index (κ3) is 6.79. The minimum absolute atomic E-state index is 0.500. The Morgan fingerprint density at radius 1 is 1.14 bits per heavy atom. The number of nitrogens with one attached hydrogen (secondary N) is 2. The Balaban J connectivity index is 1.92. The Bertz CT molecular complexity index is 714. The summed E-state index contributed by atoms with van der Waals surface area (Å²) >= 11 is 3.46. The summed E-state index contributed by atoms with van der Waals surface area (Å²) in [5.41, 5.74) is 0.978. The zero-order valence-corrected chi connectivity index (χ0v) is 18.4. The van der Waals surface area contributed by atoms with Crippen LogP contribution in [0.15, 0.2) is 33.0 Å². The SMILES string of the molecule is CCNC(=NCc1cc(OC)c(OC)c(OC)c1)NCCCSc1nccs1. The van der Waals surface area contributed by atoms with E-state index in [9.17, 15) is 0 Å². The van der Waals surface area contributed by atoms with Crippen molar-refractivity contribution in [3.05, 3.63) is 29.3 Å². The van der Waals surface area contributed by atoms with Crippen molar-refractivity contribution in [2.75, 3.05) is 40.2 Å². The Kier molecular flexibility index (Phi) is 9.78. The lowest BCUT2D eigenvalue weighted by Crippen LogP contribution is -2.37. The molecule has 0 aliphatic rings. The molecule has 0 atom stereocenters. The first kappa shape index (κ1) is 22.2. The minimum atomic E-state index is 0.500. The molecular weight excluding hydrogens is 396 g/mol. The van der Waals surface area contributed by atoms with Gasteiger partial charge in [-0.25, -0.2) is 9.98 Å². The number of nitrogens with zero attached hydrogens (tertiary/aromatic N) is 2. The summed E-state index contributed by atoms with van der Waals surface area (Å²) in [4.78, 5) is 8.94. The number of methoxy groups -OCH3 is 3. The Labute approximate surface area is 174 Å². The Morgan fingerprint density at radius 2 is 1.89 bits per heavy atom. The van der Waals surface area contributed by atoms with Crippen molar-refractivity contribution in [2.45, 2.75) is 24.2 Å². The standard InChI is InChI=1S/C19H28N4O3S2/c1-5-20-18(21-7-6-9-27-19-22-8-10-28-19)23-13-14-11-15(24-2)17(26-4)16(12-14)25-3/h8,10-12H,5-7,9,13H2,1-4H3,(H2,20,21,23). The molecule has 0 aliphatic heterocycles. The summed E-state index contributed by atoms with van der Waals surface area (Å²) in [6, 6.07) is 3.83. The molecule has 0 amide bonds. The number of thioether (sulfide) groups is 1. The summed E-state index contributed by atoms with van der Waals surface area (Å²) in [6.45, 7) is 4.20. The fourth-order valence-electron chi connectivity index (χ4n) is 2.46. The van der Waals surface area contributed by atoms with E-state index in [1.807, 2.05) is 23.7 Å². The van der Waals surface area contributed by atoms with Gasteiger partial charge in [-0.3, -0.25) is 0 Å². The molecule has 1 aromatic heterocycles. The van der Waals surface area contributed by atoms with E-state index in [0.717, 1.165) is 41.1 Å². The van der Waals surface area contributed by atoms with Crippen LogP contribution >= 0.6 is 23.1 Å². The van der Waals surface area contributed by atoms with Crippen LogP contribution in [0.3, 0.4) is 0 Å². The average molecular weight is 425 g/mol. The van der Waals surface area contributed by atoms with E-state index < -0.39 is 0 Å². The summed E-state index contributed by atoms with van der Waals surface area (Å²) in [5.74, 6) is 3.65. The highest BCUT2D eigenvalue weighted by Gasteiger charge is 2.13. The lowest BCUT2D eigenvalue weighted by atomic mass is 10.2. The summed E-state index contributed by atoms with van der Waals surface area (Å²) < 4.78 is 17.3. The number of hydrogen-bond donors (Lipinski definition) is 2. The molecule has 0 bridgehead atoms. The maximum absolute atomic E-state index is 5.40. The van der Waals surface area contributed by atoms with Crippen LogP contribution in [0.1, 0.15) is 18.9 Å². The number of ether oxygens (including phenoxy) is 3. The number of aromatic nitrogens is 1. The summed E-state index contributed by atoms with van der Waals surface area (Å²) in [7, 11) is 4.82. The van der Waals surface area contributed by atoms with Crippen LogP contribution in [0.4, 0.5) is 0 Å². The molecule has 0 saturated carbocycles. The van der Waals surface area contributed by atoms with Gasteiger partial charge in [0.2, 0.25) is 5.75 Å². The number of guanidine groups is 1. The number of rotatable bonds is 11. The molecule has 2 rings (SSSR count). The quantitative estimate of drug-likeness (QED) is 0.248. The van der Waals surface area contributed by atoms with Crippen LogP contribution in [0, 0.1) is 0 Å². The van der Waals surface area contributed by atoms with Crippen molar-refractivity contribution in [1.82, 2.24) is 15.6 Å². The lowest BCUT2D eigenvalue weighted by molar-refractivity contribution is 0.324. The van der Waals surface area contributed by atoms with Gasteiger partial charge in [0.25, 0.3) is 0 Å². The van der Waals surface area contributed by atoms with Gasteiger partial charge in [0, 0.05) is 30.4 Å². The molecule has 1 heterocycles. The third-order valence-electron chi connectivity index (χ3n) is 3.74. The lowest BCUT2D eigenvalue weighted by Gasteiger charge is -2.14. The molecule has 0 unspecified atom stereocenters. The molecule has 0 aliphatic carbocycles. The zero-order valence-electron chi connectivity index (χ0n) is 16.8. The van der Waals surface area contributed by atoms with Gasteiger partial charge in [-0.2, -0.15) is 0 Å². The van der Waals surface area contributed by atoms with E-state index >= 15 is 0 Å². The van der Waals surface area contributed by atoms with Crippen LogP contribution in [-0.2, 0) is 6.54 Å². The molecule has 0 spiro atoms. The fourth-order valence-corrected chi connectivity index (χ4v) is 4.11. The van der Waals surface area contributed by atoms with E-state index in [-0.39, 0.29) is 0 Å². The average Bonchev–Trinajstić information content (AvgIpc) is 3.24. The van der Waals surface area contributed by atoms with E-state index in [1.54, 1.807) is 44.4 Å². The summed E-state index contributed by atoms with van der Waals surface area (Å²) in [5, 5.41) is 8.64. The highest BCUT2D eigenvalue weighted by Crippen LogP contribution is 2.38. The predicted octanol–water partition coefficient (Wildman–Crippen LogP) is 3.41. The van der Waals surface area contributed by atoms with Gasteiger partial charge >= 0.3 is 0 Å². The zero-order chi connectivity index (χ0) is 20.2. The molecule has 2 aromatic rings. The number of hydrogen-bond acceptors (Lipinski definition) is 7. The third-order valence-corrected chi connectivity index (χ3v) is 5.79. The minimum Gasteiger partial charge on any atom is -0.493 e. The van der Waals surface area contributed by atoms with Gasteiger partial charge in [-0.15, -0.1) is 11.3 Å². The maximum Gasteiger partial charge on any atom is 0.203 e. The van der Waals surface area contributed by atoms with Crippen molar-refractivity contribution in [2.24, 2.45) is 4.99 Å². The van der Waals surface area contributed by atoms with Gasteiger partial charge < -0.3 is 24.8 Å². The normalized spacial score (nSPS) is 11.2. The molecule has 9 heteroatoms. The predicted molar refractivity (Wildman–Crippen MR) is 116 cm³/mol. The maximum atomic E-state index is 5.40. The molecule has 0 saturated heterocycles. The number of aliphatic imine (C=N–C) groups is 1. The van der Waals surface area contributed by atoms with Crippen molar-refractivity contribution < 1.29 is 14.2 Å². The first-order valence-corrected chi connectivity index (χ1v) is 10.9. The first-order chi connectivity index (χ1) is 13.7. The van der Waals surface area contributed by atoms with Crippen molar-refractivity contribution in [3.8, 4) is 17.2 Å². The van der Waals surface area contributed by atoms with Crippen LogP contribution in [0.2, 0.25) is 0 Å². The molecule has 0 radical (unpaired) electrons. The fraction of sp³-hybridized carbons (Fsp3) is 0.474. The molecule has 2 N–H and O–H groups in total. The molecule has 154 valence electrons. The van der Waals surface area contributed by atoms with Crippen molar-refractivity contribution in [3.63, 3.8) is 0 Å².